The molecule has 0 aromatic rings. The summed E-state index contributed by atoms with van der Waals surface area (Å²) in [5, 5.41) is 0. The molecule has 0 amide bonds. The Morgan fingerprint density at radius 3 is 1.66 bits per heavy atom. The number of hydrogen-bond donors (Lipinski definition) is 1. The van der Waals surface area contributed by atoms with Crippen molar-refractivity contribution in [2.45, 2.75) is 74.7 Å². The summed E-state index contributed by atoms with van der Waals surface area (Å²) in [6.45, 7) is 16.7. The van der Waals surface area contributed by atoms with Gasteiger partial charge in [0, 0.05) is 0 Å². The fourth-order valence-corrected chi connectivity index (χ4v) is 4.27. The fourth-order valence-electron chi connectivity index (χ4n) is 3.51. The Morgan fingerprint density at radius 2 is 1.28 bits per heavy atom. The minimum atomic E-state index is -4.45. The van der Waals surface area contributed by atoms with Gasteiger partial charge in [-0.25, -0.2) is 0 Å². The normalized spacial score (nSPS) is 16.0. The highest BCUT2D eigenvalue weighted by molar-refractivity contribution is 7.85. The lowest BCUT2D eigenvalue weighted by atomic mass is 9.86. The molecule has 0 spiro atoms. The predicted octanol–water partition coefficient (Wildman–Crippen LogP) is 4.11. The summed E-state index contributed by atoms with van der Waals surface area (Å²) in [4.78, 5) is 24.5. The summed E-state index contributed by atoms with van der Waals surface area (Å²) < 4.78 is 42.1. The molecule has 0 radical (unpaired) electrons. The molecule has 8 heteroatoms. The molecule has 0 rings (SSSR count). The predicted molar refractivity (Wildman–Crippen MR) is 113 cm³/mol. The summed E-state index contributed by atoms with van der Waals surface area (Å²) in [7, 11) is -4.45. The molecule has 0 aromatic carbocycles. The SMILES string of the molecule is CC(COC(=O)CC(CS(=O)(=O)O)C(=O)OCC(C)CC(C)(C)C)CC(C)(C)C. The third-order valence-corrected chi connectivity index (χ3v) is 4.94. The van der Waals surface area contributed by atoms with Crippen LogP contribution in [0.5, 0.6) is 0 Å². The number of ether oxygens (including phenoxy) is 2. The molecule has 0 saturated carbocycles. The van der Waals surface area contributed by atoms with Gasteiger partial charge in [-0.1, -0.05) is 55.4 Å². The van der Waals surface area contributed by atoms with Crippen molar-refractivity contribution >= 4 is 22.1 Å². The van der Waals surface area contributed by atoms with Gasteiger partial charge in [-0.15, -0.1) is 0 Å². The molecule has 0 heterocycles. The molecular formula is C21H40O7S. The highest BCUT2D eigenvalue weighted by atomic mass is 32.2. The van der Waals surface area contributed by atoms with Gasteiger partial charge in [-0.2, -0.15) is 8.42 Å². The van der Waals surface area contributed by atoms with E-state index in [0.29, 0.717) is 0 Å². The third kappa shape index (κ3) is 16.3. The first-order valence-electron chi connectivity index (χ1n) is 10.2. The number of hydrogen-bond acceptors (Lipinski definition) is 6. The number of esters is 2. The molecule has 3 atom stereocenters. The number of carbonyl (C=O) groups is 2. The topological polar surface area (TPSA) is 107 Å². The molecule has 0 aliphatic heterocycles. The minimum absolute atomic E-state index is 0.0627. The van der Waals surface area contributed by atoms with Crippen LogP contribution in [0.15, 0.2) is 0 Å². The van der Waals surface area contributed by atoms with Crippen molar-refractivity contribution in [3.05, 3.63) is 0 Å². The van der Waals surface area contributed by atoms with Gasteiger partial charge in [0.2, 0.25) is 0 Å². The van der Waals surface area contributed by atoms with Crippen molar-refractivity contribution in [2.75, 3.05) is 19.0 Å². The van der Waals surface area contributed by atoms with E-state index in [-0.39, 0.29) is 35.9 Å². The summed E-state index contributed by atoms with van der Waals surface area (Å²) in [6.07, 6.45) is 1.22. The van der Waals surface area contributed by atoms with Crippen LogP contribution in [0.2, 0.25) is 0 Å². The van der Waals surface area contributed by atoms with Crippen molar-refractivity contribution in [3.8, 4) is 0 Å². The molecule has 0 aliphatic carbocycles. The van der Waals surface area contributed by atoms with E-state index in [9.17, 15) is 18.0 Å². The third-order valence-electron chi connectivity index (χ3n) is 4.12. The van der Waals surface area contributed by atoms with Crippen LogP contribution in [0.3, 0.4) is 0 Å². The number of rotatable bonds is 11. The summed E-state index contributed by atoms with van der Waals surface area (Å²) >= 11 is 0. The van der Waals surface area contributed by atoms with Crippen molar-refractivity contribution < 1.29 is 32.0 Å². The molecule has 29 heavy (non-hydrogen) atoms. The standard InChI is InChI=1S/C21H40O7S/c1-15(10-20(3,4)5)12-27-18(22)9-17(14-29(24,25)26)19(23)28-13-16(2)11-21(6,7)8/h15-17H,9-14H2,1-8H3,(H,24,25,26). The minimum Gasteiger partial charge on any atom is -0.465 e. The van der Waals surface area contributed by atoms with Gasteiger partial charge in [0.1, 0.15) is 0 Å². The lowest BCUT2D eigenvalue weighted by Crippen LogP contribution is -2.30. The van der Waals surface area contributed by atoms with Crippen molar-refractivity contribution in [3.63, 3.8) is 0 Å². The Hall–Kier alpha value is -1.15. The zero-order valence-electron chi connectivity index (χ0n) is 19.3. The summed E-state index contributed by atoms with van der Waals surface area (Å²) in [5.74, 6) is -3.45. The first-order chi connectivity index (χ1) is 12.9. The van der Waals surface area contributed by atoms with Gasteiger partial charge in [-0.3, -0.25) is 14.1 Å². The highest BCUT2D eigenvalue weighted by Crippen LogP contribution is 2.25. The molecule has 0 aliphatic rings. The van der Waals surface area contributed by atoms with Gasteiger partial charge >= 0.3 is 11.9 Å². The maximum atomic E-state index is 12.3. The molecule has 0 bridgehead atoms. The Balaban J connectivity index is 4.80. The molecule has 0 saturated heterocycles. The highest BCUT2D eigenvalue weighted by Gasteiger charge is 2.30. The second kappa shape index (κ2) is 11.3. The maximum absolute atomic E-state index is 12.3. The average molecular weight is 437 g/mol. The van der Waals surface area contributed by atoms with Crippen LogP contribution in [-0.2, 0) is 29.2 Å². The van der Waals surface area contributed by atoms with Gasteiger partial charge in [0.05, 0.1) is 31.3 Å². The van der Waals surface area contributed by atoms with E-state index in [1.807, 2.05) is 13.8 Å². The van der Waals surface area contributed by atoms with E-state index in [1.165, 1.54) is 0 Å². The van der Waals surface area contributed by atoms with Gasteiger partial charge in [0.25, 0.3) is 10.1 Å². The van der Waals surface area contributed by atoms with Gasteiger partial charge in [-0.05, 0) is 35.5 Å². The lowest BCUT2D eigenvalue weighted by Gasteiger charge is -2.24. The largest absolute Gasteiger partial charge is 0.465 e. The summed E-state index contributed by atoms with van der Waals surface area (Å²) in [5.41, 5.74) is 0.153. The van der Waals surface area contributed by atoms with Crippen LogP contribution >= 0.6 is 0 Å². The van der Waals surface area contributed by atoms with Gasteiger partial charge in [0.15, 0.2) is 0 Å². The smallest absolute Gasteiger partial charge is 0.310 e. The number of carbonyl (C=O) groups excluding carboxylic acids is 2. The van der Waals surface area contributed by atoms with E-state index < -0.39 is 40.1 Å². The first-order valence-corrected chi connectivity index (χ1v) is 11.8. The molecule has 1 N–H and O–H groups in total. The molecule has 3 unspecified atom stereocenters. The first kappa shape index (κ1) is 27.8. The molecule has 7 nitrogen and oxygen atoms in total. The average Bonchev–Trinajstić information content (AvgIpc) is 2.45. The molecule has 0 aromatic heterocycles. The summed E-state index contributed by atoms with van der Waals surface area (Å²) in [6, 6.07) is 0. The fraction of sp³-hybridized carbons (Fsp3) is 0.905. The van der Waals surface area contributed by atoms with Crippen molar-refractivity contribution in [1.29, 1.82) is 0 Å². The Labute approximate surface area is 176 Å². The zero-order chi connectivity index (χ0) is 23.0. The van der Waals surface area contributed by atoms with Crippen LogP contribution < -0.4 is 0 Å². The van der Waals surface area contributed by atoms with Gasteiger partial charge < -0.3 is 9.47 Å². The maximum Gasteiger partial charge on any atom is 0.310 e. The van der Waals surface area contributed by atoms with Crippen molar-refractivity contribution in [2.24, 2.45) is 28.6 Å². The van der Waals surface area contributed by atoms with E-state index in [4.69, 9.17) is 14.0 Å². The molecule has 0 fully saturated rings. The van der Waals surface area contributed by atoms with Crippen LogP contribution in [0.4, 0.5) is 0 Å². The van der Waals surface area contributed by atoms with Crippen LogP contribution in [0.1, 0.15) is 74.7 Å². The van der Waals surface area contributed by atoms with Crippen LogP contribution in [-0.4, -0.2) is 43.9 Å². The Bertz CT molecular complexity index is 626. The lowest BCUT2D eigenvalue weighted by molar-refractivity contribution is -0.156. The monoisotopic (exact) mass is 436 g/mol. The Kier molecular flexibility index (Phi) is 10.9. The van der Waals surface area contributed by atoms with E-state index >= 15 is 0 Å². The Morgan fingerprint density at radius 1 is 0.862 bits per heavy atom. The van der Waals surface area contributed by atoms with E-state index in [1.54, 1.807) is 0 Å². The molecule has 172 valence electrons. The van der Waals surface area contributed by atoms with E-state index in [2.05, 4.69) is 41.5 Å². The molecular weight excluding hydrogens is 396 g/mol. The van der Waals surface area contributed by atoms with Crippen LogP contribution in [0.25, 0.3) is 0 Å². The van der Waals surface area contributed by atoms with Crippen LogP contribution in [0, 0.1) is 28.6 Å². The zero-order valence-corrected chi connectivity index (χ0v) is 20.1. The van der Waals surface area contributed by atoms with Crippen molar-refractivity contribution in [1.82, 2.24) is 0 Å². The second-order valence-corrected chi connectivity index (χ2v) is 12.2. The van der Waals surface area contributed by atoms with E-state index in [0.717, 1.165) is 12.8 Å². The quantitative estimate of drug-likeness (QED) is 0.383. The second-order valence-electron chi connectivity index (χ2n) is 10.7.